The second-order valence-electron chi connectivity index (χ2n) is 12.9. The van der Waals surface area contributed by atoms with Gasteiger partial charge in [-0.2, -0.15) is 46.7 Å². The number of aromatic nitrogens is 6. The van der Waals surface area contributed by atoms with Gasteiger partial charge in [-0.1, -0.05) is 24.3 Å². The molecular formula is C34H46N14O8S2. The third-order valence-electron chi connectivity index (χ3n) is 8.70. The van der Waals surface area contributed by atoms with Crippen LogP contribution in [-0.4, -0.2) is 135 Å². The van der Waals surface area contributed by atoms with Crippen LogP contribution in [0.25, 0.3) is 12.2 Å². The Morgan fingerprint density at radius 2 is 0.983 bits per heavy atom. The van der Waals surface area contributed by atoms with Crippen molar-refractivity contribution >= 4 is 79.5 Å². The van der Waals surface area contributed by atoms with E-state index in [2.05, 4.69) is 51.2 Å². The fourth-order valence-electron chi connectivity index (χ4n) is 5.80. The van der Waals surface area contributed by atoms with Gasteiger partial charge >= 0.3 is 0 Å². The van der Waals surface area contributed by atoms with Crippen molar-refractivity contribution in [3.63, 3.8) is 0 Å². The molecule has 312 valence electrons. The highest BCUT2D eigenvalue weighted by Gasteiger charge is 2.21. The van der Waals surface area contributed by atoms with Crippen molar-refractivity contribution in [3.05, 3.63) is 47.5 Å². The Morgan fingerprint density at radius 1 is 0.603 bits per heavy atom. The molecule has 4 heterocycles. The summed E-state index contributed by atoms with van der Waals surface area (Å²) < 4.78 is 81.9. The maximum atomic E-state index is 12.6. The zero-order chi connectivity index (χ0) is 41.1. The zero-order valence-corrected chi connectivity index (χ0v) is 33.0. The molecule has 2 saturated heterocycles. The maximum absolute atomic E-state index is 12.6. The fraction of sp³-hybridized carbons (Fsp3) is 0.412. The van der Waals surface area contributed by atoms with E-state index in [0.717, 1.165) is 0 Å². The quantitative estimate of drug-likeness (QED) is 0.0399. The van der Waals surface area contributed by atoms with Crippen LogP contribution in [0.1, 0.15) is 24.0 Å². The molecule has 2 aliphatic rings. The van der Waals surface area contributed by atoms with Crippen molar-refractivity contribution in [3.8, 4) is 0 Å². The maximum Gasteiger partial charge on any atom is 0.295 e. The second-order valence-corrected chi connectivity index (χ2v) is 15.7. The number of hydrogen-bond acceptors (Lipinski definition) is 20. The number of nitrogens with two attached hydrogens (primary N) is 2. The smallest absolute Gasteiger partial charge is 0.295 e. The van der Waals surface area contributed by atoms with Gasteiger partial charge in [0.15, 0.2) is 0 Å². The van der Waals surface area contributed by atoms with E-state index in [1.54, 1.807) is 0 Å². The minimum absolute atomic E-state index is 0.0147. The van der Waals surface area contributed by atoms with Crippen LogP contribution in [0, 0.1) is 0 Å². The minimum atomic E-state index is -4.81. The number of rotatable bonds is 18. The molecule has 6 rings (SSSR count). The molecule has 4 aromatic rings. The van der Waals surface area contributed by atoms with Gasteiger partial charge in [0.2, 0.25) is 35.7 Å². The average molecular weight is 843 g/mol. The molecule has 2 aromatic carbocycles. The number of morpholine rings is 2. The van der Waals surface area contributed by atoms with E-state index in [4.69, 9.17) is 20.9 Å². The first kappa shape index (κ1) is 42.3. The number of nitrogens with zero attached hydrogens (tertiary/aromatic N) is 8. The summed E-state index contributed by atoms with van der Waals surface area (Å²) in [7, 11) is -9.63. The van der Waals surface area contributed by atoms with E-state index in [1.165, 1.54) is 48.6 Å². The van der Waals surface area contributed by atoms with Gasteiger partial charge in [0.1, 0.15) is 9.79 Å². The first-order chi connectivity index (χ1) is 27.9. The predicted octanol–water partition coefficient (Wildman–Crippen LogP) is 1.40. The highest BCUT2D eigenvalue weighted by molar-refractivity contribution is 7.86. The summed E-state index contributed by atoms with van der Waals surface area (Å²) in [6.45, 7) is 6.17. The van der Waals surface area contributed by atoms with Gasteiger partial charge in [-0.05, 0) is 61.3 Å². The molecule has 2 aliphatic heterocycles. The Kier molecular flexibility index (Phi) is 14.1. The van der Waals surface area contributed by atoms with Crippen molar-refractivity contribution in [2.45, 2.75) is 22.6 Å². The molecule has 58 heavy (non-hydrogen) atoms. The monoisotopic (exact) mass is 842 g/mol. The Hall–Kier alpha value is -5.34. The largest absolute Gasteiger partial charge is 0.378 e. The van der Waals surface area contributed by atoms with Crippen molar-refractivity contribution < 1.29 is 35.4 Å². The third-order valence-corrected chi connectivity index (χ3v) is 10.5. The molecule has 10 N–H and O–H groups in total. The molecule has 0 amide bonds. The Balaban J connectivity index is 1.26. The Morgan fingerprint density at radius 3 is 1.34 bits per heavy atom. The average Bonchev–Trinajstić information content (AvgIpc) is 3.20. The molecule has 0 unspecified atom stereocenters. The van der Waals surface area contributed by atoms with Crippen molar-refractivity contribution in [1.82, 2.24) is 29.9 Å². The van der Waals surface area contributed by atoms with Crippen LogP contribution in [-0.2, 0) is 29.7 Å². The van der Waals surface area contributed by atoms with Gasteiger partial charge < -0.3 is 52.0 Å². The molecular weight excluding hydrogens is 797 g/mol. The second kappa shape index (κ2) is 19.4. The lowest BCUT2D eigenvalue weighted by atomic mass is 10.1. The molecule has 2 aromatic heterocycles. The van der Waals surface area contributed by atoms with E-state index in [0.29, 0.717) is 104 Å². The fourth-order valence-corrected chi connectivity index (χ4v) is 7.22. The topological polar surface area (TPSA) is 311 Å². The summed E-state index contributed by atoms with van der Waals surface area (Å²) in [5.41, 5.74) is 11.7. The van der Waals surface area contributed by atoms with Gasteiger partial charge in [-0.25, -0.2) is 0 Å². The lowest BCUT2D eigenvalue weighted by Gasteiger charge is -2.27. The first-order valence-electron chi connectivity index (χ1n) is 18.4. The van der Waals surface area contributed by atoms with E-state index < -0.39 is 30.0 Å². The molecule has 0 bridgehead atoms. The van der Waals surface area contributed by atoms with E-state index in [9.17, 15) is 25.9 Å². The Bertz CT molecular complexity index is 2130. The van der Waals surface area contributed by atoms with Gasteiger partial charge in [0.05, 0.1) is 26.4 Å². The van der Waals surface area contributed by atoms with Crippen molar-refractivity contribution in [2.24, 2.45) is 11.5 Å². The standard InChI is InChI=1S/C34H46N14O8S2/c35-9-1-11-37-29-41-31(45-33(43-29)47-13-17-55-18-14-47)39-25-7-5-23(27(21-25)57(49,50)51)3-4-24-6-8-26(22-28(24)58(52,53)54)40-32-42-30(38-12-2-10-36)44-34(46-32)48-15-19-56-20-16-48/h3-8,21-22H,1-2,9-20,35-36H2,(H,49,50,51)(H,52,53,54)(H2,37,39,41,43,45)(H2,38,40,42,44,46)/b4-3+. The van der Waals surface area contributed by atoms with E-state index in [-0.39, 0.29) is 46.3 Å². The molecule has 0 saturated carbocycles. The minimum Gasteiger partial charge on any atom is -0.378 e. The third kappa shape index (κ3) is 11.6. The van der Waals surface area contributed by atoms with E-state index >= 15 is 0 Å². The predicted molar refractivity (Wildman–Crippen MR) is 218 cm³/mol. The summed E-state index contributed by atoms with van der Waals surface area (Å²) in [6.07, 6.45) is 3.94. The molecule has 0 aliphatic carbocycles. The van der Waals surface area contributed by atoms with Crippen LogP contribution in [0.4, 0.5) is 47.1 Å². The van der Waals surface area contributed by atoms with Crippen LogP contribution >= 0.6 is 0 Å². The van der Waals surface area contributed by atoms with Crippen LogP contribution in [0.5, 0.6) is 0 Å². The normalized spacial score (nSPS) is 15.1. The summed E-state index contributed by atoms with van der Waals surface area (Å²) in [5, 5.41) is 12.2. The molecule has 0 atom stereocenters. The molecule has 22 nitrogen and oxygen atoms in total. The van der Waals surface area contributed by atoms with Crippen molar-refractivity contribution in [2.75, 3.05) is 110 Å². The number of benzene rings is 2. The van der Waals surface area contributed by atoms with Crippen LogP contribution in [0.15, 0.2) is 46.2 Å². The summed E-state index contributed by atoms with van der Waals surface area (Å²) in [6, 6.07) is 8.24. The summed E-state index contributed by atoms with van der Waals surface area (Å²) in [5.74, 6) is 1.54. The number of hydrogen-bond donors (Lipinski definition) is 8. The molecule has 2 fully saturated rings. The summed E-state index contributed by atoms with van der Waals surface area (Å²) in [4.78, 5) is 29.8. The van der Waals surface area contributed by atoms with Gasteiger partial charge in [0, 0.05) is 50.6 Å². The van der Waals surface area contributed by atoms with E-state index in [1.807, 2.05) is 9.80 Å². The number of anilines is 8. The highest BCUT2D eigenvalue weighted by Crippen LogP contribution is 2.29. The van der Waals surface area contributed by atoms with Gasteiger partial charge in [-0.15, -0.1) is 0 Å². The van der Waals surface area contributed by atoms with Gasteiger partial charge in [0.25, 0.3) is 20.2 Å². The van der Waals surface area contributed by atoms with Crippen molar-refractivity contribution in [1.29, 1.82) is 0 Å². The lowest BCUT2D eigenvalue weighted by Crippen LogP contribution is -2.37. The first-order valence-corrected chi connectivity index (χ1v) is 21.3. The lowest BCUT2D eigenvalue weighted by molar-refractivity contribution is 0.122. The zero-order valence-electron chi connectivity index (χ0n) is 31.4. The van der Waals surface area contributed by atoms with Crippen LogP contribution in [0.2, 0.25) is 0 Å². The van der Waals surface area contributed by atoms with Crippen LogP contribution < -0.4 is 42.5 Å². The number of nitrogens with one attached hydrogen (secondary N) is 4. The molecule has 0 spiro atoms. The SMILES string of the molecule is NCCCNc1nc(Nc2ccc(/C=C/c3ccc(Nc4nc(NCCCN)nc(N5CCOCC5)n4)cc3S(=O)(=O)O)c(S(=O)(=O)O)c2)nc(N2CCOCC2)n1. The number of ether oxygens (including phenoxy) is 2. The molecule has 0 radical (unpaired) electrons. The Labute approximate surface area is 335 Å². The van der Waals surface area contributed by atoms with Crippen LogP contribution in [0.3, 0.4) is 0 Å². The molecule has 24 heteroatoms. The summed E-state index contributed by atoms with van der Waals surface area (Å²) >= 11 is 0. The van der Waals surface area contributed by atoms with Gasteiger partial charge in [-0.3, -0.25) is 9.11 Å². The highest BCUT2D eigenvalue weighted by atomic mass is 32.2.